The summed E-state index contributed by atoms with van der Waals surface area (Å²) in [6, 6.07) is 18.1. The van der Waals surface area contributed by atoms with Crippen molar-refractivity contribution in [1.82, 2.24) is 4.98 Å². The molecule has 3 aromatic rings. The lowest BCUT2D eigenvalue weighted by Crippen LogP contribution is -1.96. The molecule has 0 aliphatic rings. The maximum Gasteiger partial charge on any atom is 0.335 e. The fourth-order valence-corrected chi connectivity index (χ4v) is 2.46. The molecule has 4 heteroatoms. The molecule has 108 valence electrons. The molecule has 1 N–H and O–H groups in total. The van der Waals surface area contributed by atoms with Crippen LogP contribution in [0, 0.1) is 0 Å². The van der Waals surface area contributed by atoms with Crippen LogP contribution in [0.15, 0.2) is 66.9 Å². The Labute approximate surface area is 132 Å². The van der Waals surface area contributed by atoms with Gasteiger partial charge in [-0.1, -0.05) is 41.9 Å². The number of aromatic carboxylic acids is 1. The summed E-state index contributed by atoms with van der Waals surface area (Å²) in [4.78, 5) is 15.4. The van der Waals surface area contributed by atoms with Crippen molar-refractivity contribution in [2.45, 2.75) is 0 Å². The number of hydrogen-bond acceptors (Lipinski definition) is 2. The van der Waals surface area contributed by atoms with Crippen molar-refractivity contribution >= 4 is 17.6 Å². The van der Waals surface area contributed by atoms with E-state index in [1.54, 1.807) is 18.3 Å². The average Bonchev–Trinajstić information content (AvgIpc) is 2.56. The van der Waals surface area contributed by atoms with Gasteiger partial charge in [0.15, 0.2) is 0 Å². The molecule has 0 aliphatic heterocycles. The summed E-state index contributed by atoms with van der Waals surface area (Å²) in [5, 5.41) is 9.61. The van der Waals surface area contributed by atoms with Crippen molar-refractivity contribution in [3.05, 3.63) is 77.4 Å². The summed E-state index contributed by atoms with van der Waals surface area (Å²) in [6.45, 7) is 0. The van der Waals surface area contributed by atoms with Crippen LogP contribution in [0.5, 0.6) is 0 Å². The van der Waals surface area contributed by atoms with E-state index < -0.39 is 5.97 Å². The molecular weight excluding hydrogens is 298 g/mol. The second kappa shape index (κ2) is 6.00. The van der Waals surface area contributed by atoms with Crippen molar-refractivity contribution < 1.29 is 9.90 Å². The molecule has 0 saturated heterocycles. The summed E-state index contributed by atoms with van der Waals surface area (Å²) in [5.74, 6) is -0.969. The Hall–Kier alpha value is -2.65. The Bertz CT molecular complexity index is 814. The molecule has 0 amide bonds. The van der Waals surface area contributed by atoms with E-state index in [0.717, 1.165) is 16.8 Å². The van der Waals surface area contributed by atoms with Gasteiger partial charge in [0.1, 0.15) is 0 Å². The van der Waals surface area contributed by atoms with Crippen LogP contribution in [-0.2, 0) is 0 Å². The van der Waals surface area contributed by atoms with E-state index >= 15 is 0 Å². The number of pyridine rings is 1. The number of carbonyl (C=O) groups is 1. The van der Waals surface area contributed by atoms with Crippen LogP contribution in [0.4, 0.5) is 0 Å². The maximum atomic E-state index is 11.1. The van der Waals surface area contributed by atoms with Crippen LogP contribution >= 0.6 is 11.6 Å². The standard InChI is InChI=1S/C18H12ClNO2/c19-16-9-8-14(18(21)22)11-15(16)12-4-6-13(7-5-12)17-3-1-2-10-20-17/h1-11H,(H,21,22). The second-order valence-corrected chi connectivity index (χ2v) is 5.20. The fourth-order valence-electron chi connectivity index (χ4n) is 2.23. The third-order valence-electron chi connectivity index (χ3n) is 3.37. The van der Waals surface area contributed by atoms with Crippen LogP contribution in [0.2, 0.25) is 5.02 Å². The van der Waals surface area contributed by atoms with Gasteiger partial charge < -0.3 is 5.11 Å². The molecule has 2 aromatic carbocycles. The lowest BCUT2D eigenvalue weighted by atomic mass is 10.0. The van der Waals surface area contributed by atoms with Crippen molar-refractivity contribution in [1.29, 1.82) is 0 Å². The Morgan fingerprint density at radius 1 is 0.955 bits per heavy atom. The van der Waals surface area contributed by atoms with Crippen molar-refractivity contribution in [3.63, 3.8) is 0 Å². The molecular formula is C18H12ClNO2. The number of benzene rings is 2. The van der Waals surface area contributed by atoms with Gasteiger partial charge in [-0.25, -0.2) is 4.79 Å². The average molecular weight is 310 g/mol. The van der Waals surface area contributed by atoms with Gasteiger partial charge in [-0.15, -0.1) is 0 Å². The molecule has 0 spiro atoms. The first-order valence-electron chi connectivity index (χ1n) is 6.70. The van der Waals surface area contributed by atoms with Crippen LogP contribution < -0.4 is 0 Å². The summed E-state index contributed by atoms with van der Waals surface area (Å²) in [5.41, 5.74) is 3.67. The molecule has 0 radical (unpaired) electrons. The minimum atomic E-state index is -0.969. The minimum Gasteiger partial charge on any atom is -0.478 e. The normalized spacial score (nSPS) is 10.4. The fraction of sp³-hybridized carbons (Fsp3) is 0. The predicted octanol–water partition coefficient (Wildman–Crippen LogP) is 4.77. The zero-order valence-electron chi connectivity index (χ0n) is 11.5. The van der Waals surface area contributed by atoms with Crippen molar-refractivity contribution in [2.75, 3.05) is 0 Å². The first-order valence-corrected chi connectivity index (χ1v) is 7.07. The lowest BCUT2D eigenvalue weighted by Gasteiger charge is -2.07. The first-order chi connectivity index (χ1) is 10.6. The number of halogens is 1. The predicted molar refractivity (Wildman–Crippen MR) is 87.1 cm³/mol. The highest BCUT2D eigenvalue weighted by Crippen LogP contribution is 2.30. The maximum absolute atomic E-state index is 11.1. The van der Waals surface area contributed by atoms with Crippen LogP contribution in [0.3, 0.4) is 0 Å². The monoisotopic (exact) mass is 309 g/mol. The molecule has 0 aliphatic carbocycles. The summed E-state index contributed by atoms with van der Waals surface area (Å²) < 4.78 is 0. The third-order valence-corrected chi connectivity index (χ3v) is 3.70. The Kier molecular flexibility index (Phi) is 3.90. The molecule has 1 heterocycles. The zero-order valence-corrected chi connectivity index (χ0v) is 12.3. The SMILES string of the molecule is O=C(O)c1ccc(Cl)c(-c2ccc(-c3ccccn3)cc2)c1. The Morgan fingerprint density at radius 3 is 2.32 bits per heavy atom. The van der Waals surface area contributed by atoms with E-state index in [2.05, 4.69) is 4.98 Å². The van der Waals surface area contributed by atoms with Gasteiger partial charge in [-0.05, 0) is 35.9 Å². The number of hydrogen-bond donors (Lipinski definition) is 1. The van der Waals surface area contributed by atoms with Gasteiger partial charge >= 0.3 is 5.97 Å². The van der Waals surface area contributed by atoms with Gasteiger partial charge in [0.25, 0.3) is 0 Å². The molecule has 0 bridgehead atoms. The number of carboxylic acid groups (broad SMARTS) is 1. The third kappa shape index (κ3) is 2.85. The largest absolute Gasteiger partial charge is 0.478 e. The quantitative estimate of drug-likeness (QED) is 0.758. The van der Waals surface area contributed by atoms with E-state index in [9.17, 15) is 4.79 Å². The van der Waals surface area contributed by atoms with E-state index in [1.165, 1.54) is 6.07 Å². The van der Waals surface area contributed by atoms with Gasteiger partial charge in [0, 0.05) is 22.3 Å². The minimum absolute atomic E-state index is 0.216. The summed E-state index contributed by atoms with van der Waals surface area (Å²) in [6.07, 6.45) is 1.75. The summed E-state index contributed by atoms with van der Waals surface area (Å²) >= 11 is 6.19. The van der Waals surface area contributed by atoms with Gasteiger partial charge in [0.05, 0.1) is 11.3 Å². The molecule has 3 nitrogen and oxygen atoms in total. The zero-order chi connectivity index (χ0) is 15.5. The number of nitrogens with zero attached hydrogens (tertiary/aromatic N) is 1. The highest BCUT2D eigenvalue weighted by Gasteiger charge is 2.09. The van der Waals surface area contributed by atoms with Crippen LogP contribution in [0.25, 0.3) is 22.4 Å². The Balaban J connectivity index is 2.00. The topological polar surface area (TPSA) is 50.2 Å². The van der Waals surface area contributed by atoms with Crippen LogP contribution in [-0.4, -0.2) is 16.1 Å². The first kappa shape index (κ1) is 14.3. The van der Waals surface area contributed by atoms with E-state index in [4.69, 9.17) is 16.7 Å². The van der Waals surface area contributed by atoms with E-state index in [-0.39, 0.29) is 5.56 Å². The smallest absolute Gasteiger partial charge is 0.335 e. The van der Waals surface area contributed by atoms with Gasteiger partial charge in [0.2, 0.25) is 0 Å². The molecule has 0 atom stereocenters. The number of rotatable bonds is 3. The van der Waals surface area contributed by atoms with E-state index in [1.807, 2.05) is 42.5 Å². The summed E-state index contributed by atoms with van der Waals surface area (Å²) in [7, 11) is 0. The molecule has 1 aromatic heterocycles. The highest BCUT2D eigenvalue weighted by molar-refractivity contribution is 6.33. The lowest BCUT2D eigenvalue weighted by molar-refractivity contribution is 0.0697. The van der Waals surface area contributed by atoms with Gasteiger partial charge in [-0.2, -0.15) is 0 Å². The van der Waals surface area contributed by atoms with Crippen molar-refractivity contribution in [3.8, 4) is 22.4 Å². The molecule has 0 fully saturated rings. The van der Waals surface area contributed by atoms with Gasteiger partial charge in [-0.3, -0.25) is 4.98 Å². The highest BCUT2D eigenvalue weighted by atomic mass is 35.5. The number of aromatic nitrogens is 1. The second-order valence-electron chi connectivity index (χ2n) is 4.79. The molecule has 22 heavy (non-hydrogen) atoms. The van der Waals surface area contributed by atoms with Crippen molar-refractivity contribution in [2.24, 2.45) is 0 Å². The molecule has 0 saturated carbocycles. The number of carboxylic acids is 1. The molecule has 3 rings (SSSR count). The van der Waals surface area contributed by atoms with E-state index in [0.29, 0.717) is 10.6 Å². The van der Waals surface area contributed by atoms with Crippen LogP contribution in [0.1, 0.15) is 10.4 Å². The Morgan fingerprint density at radius 2 is 1.68 bits per heavy atom. The molecule has 0 unspecified atom stereocenters.